The number of halogens is 5. The third-order valence-electron chi connectivity index (χ3n) is 1.86. The molecular weight excluding hydrogens is 369 g/mol. The van der Waals surface area contributed by atoms with E-state index in [2.05, 4.69) is 22.6 Å². The van der Waals surface area contributed by atoms with Crippen molar-refractivity contribution in [3.05, 3.63) is 0 Å². The second-order valence-electron chi connectivity index (χ2n) is 3.60. The summed E-state index contributed by atoms with van der Waals surface area (Å²) in [5.74, 6) is 0. The number of nitrogens with zero attached hydrogens (tertiary/aromatic N) is 5. The van der Waals surface area contributed by atoms with Gasteiger partial charge in [-0.15, -0.1) is 17.4 Å². The number of aliphatic hydroxyl groups is 1. The van der Waals surface area contributed by atoms with Crippen molar-refractivity contribution >= 4 is 30.8 Å². The fraction of sp³-hybridized carbons (Fsp3) is 1.00. The normalized spacial score (nSPS) is 40.7. The molecule has 7 nitrogen and oxygen atoms in total. The predicted molar refractivity (Wildman–Crippen MR) is 70.7 cm³/mol. The molecule has 16 heteroatoms. The van der Waals surface area contributed by atoms with E-state index in [-0.39, 0.29) is 0 Å². The largest absolute Gasteiger partial charge is 0.424 e. The SMILES string of the molecule is COP1(F)=NP(F)(CO)=NP(F)(N(C)C)=NP(F)(F)=N1. The van der Waals surface area contributed by atoms with E-state index in [0.717, 1.165) is 14.1 Å². The average molecular weight is 381 g/mol. The molecule has 3 atom stereocenters. The second kappa shape index (κ2) is 5.92. The van der Waals surface area contributed by atoms with Gasteiger partial charge in [-0.2, -0.15) is 21.6 Å². The first-order chi connectivity index (χ1) is 8.89. The molecular formula is C4H12F5N5O2P4. The lowest BCUT2D eigenvalue weighted by Crippen LogP contribution is -2.03. The first kappa shape index (κ1) is 18.5. The van der Waals surface area contributed by atoms with E-state index in [4.69, 9.17) is 5.11 Å². The monoisotopic (exact) mass is 381 g/mol. The highest BCUT2D eigenvalue weighted by Crippen LogP contribution is 2.81. The Morgan fingerprint density at radius 2 is 1.55 bits per heavy atom. The van der Waals surface area contributed by atoms with E-state index in [0.29, 0.717) is 11.8 Å². The molecule has 1 N–H and O–H groups in total. The van der Waals surface area contributed by atoms with Crippen LogP contribution in [-0.2, 0) is 4.52 Å². The van der Waals surface area contributed by atoms with Crippen molar-refractivity contribution in [1.29, 1.82) is 0 Å². The molecule has 1 aliphatic heterocycles. The second-order valence-corrected chi connectivity index (χ2v) is 12.0. The van der Waals surface area contributed by atoms with Gasteiger partial charge in [0.25, 0.3) is 7.52 Å². The molecule has 0 aliphatic carbocycles. The van der Waals surface area contributed by atoms with Crippen LogP contribution in [0.3, 0.4) is 0 Å². The quantitative estimate of drug-likeness (QED) is 0.490. The fourth-order valence-electron chi connectivity index (χ4n) is 0.974. The van der Waals surface area contributed by atoms with Crippen molar-refractivity contribution < 1.29 is 30.6 Å². The third kappa shape index (κ3) is 4.23. The number of rotatable bonds is 3. The van der Waals surface area contributed by atoms with Crippen molar-refractivity contribution in [3.8, 4) is 0 Å². The molecule has 1 rings (SSSR count). The van der Waals surface area contributed by atoms with Crippen LogP contribution in [0.4, 0.5) is 21.0 Å². The summed E-state index contributed by atoms with van der Waals surface area (Å²) in [6, 6.07) is 0. The Morgan fingerprint density at radius 3 is 1.95 bits per heavy atom. The Labute approximate surface area is 112 Å². The van der Waals surface area contributed by atoms with Gasteiger partial charge in [0.05, 0.1) is 0 Å². The molecule has 1 aliphatic rings. The number of aliphatic hydroxyl groups excluding tert-OH is 1. The maximum absolute atomic E-state index is 14.3. The van der Waals surface area contributed by atoms with Crippen LogP contribution in [0.1, 0.15) is 0 Å². The van der Waals surface area contributed by atoms with Gasteiger partial charge in [0.1, 0.15) is 6.35 Å². The van der Waals surface area contributed by atoms with Crippen LogP contribution in [0.15, 0.2) is 18.1 Å². The highest BCUT2D eigenvalue weighted by atomic mass is 31.3. The van der Waals surface area contributed by atoms with E-state index in [1.165, 1.54) is 0 Å². The van der Waals surface area contributed by atoms with Gasteiger partial charge in [-0.25, -0.2) is 4.67 Å². The maximum atomic E-state index is 14.3. The Morgan fingerprint density at radius 1 is 1.00 bits per heavy atom. The molecule has 0 amide bonds. The van der Waals surface area contributed by atoms with Crippen molar-refractivity contribution in [2.24, 2.45) is 18.1 Å². The van der Waals surface area contributed by atoms with E-state index in [1.807, 2.05) is 0 Å². The molecule has 0 aromatic heterocycles. The molecule has 0 radical (unpaired) electrons. The van der Waals surface area contributed by atoms with Crippen molar-refractivity contribution in [2.75, 3.05) is 27.6 Å². The molecule has 0 spiro atoms. The molecule has 0 aromatic rings. The first-order valence-electron chi connectivity index (χ1n) is 4.76. The van der Waals surface area contributed by atoms with E-state index < -0.39 is 37.1 Å². The molecule has 0 saturated carbocycles. The minimum absolute atomic E-state index is 0.548. The lowest BCUT2D eigenvalue weighted by molar-refractivity contribution is 0.361. The number of hydrogen-bond donors (Lipinski definition) is 1. The van der Waals surface area contributed by atoms with Gasteiger partial charge in [0.15, 0.2) is 0 Å². The molecule has 0 aromatic carbocycles. The highest BCUT2D eigenvalue weighted by molar-refractivity contribution is 7.79. The summed E-state index contributed by atoms with van der Waals surface area (Å²) in [6.07, 6.45) is -1.45. The summed E-state index contributed by atoms with van der Waals surface area (Å²) in [5, 5.41) is 8.89. The van der Waals surface area contributed by atoms with Crippen LogP contribution in [0, 0.1) is 0 Å². The summed E-state index contributed by atoms with van der Waals surface area (Å²) >= 11 is 0. The topological polar surface area (TPSA) is 82.1 Å². The zero-order valence-corrected chi connectivity index (χ0v) is 14.1. The zero-order valence-electron chi connectivity index (χ0n) is 10.5. The van der Waals surface area contributed by atoms with Gasteiger partial charge < -0.3 is 9.63 Å². The van der Waals surface area contributed by atoms with Crippen LogP contribution in [0.25, 0.3) is 0 Å². The standard InChI is InChI=1S/C4H12F5N5O2P4/c1-14(2)19(8)10-17(5,4-15)11-20(9,16-3)13-18(6,7)12-19/h15H,4H2,1-3H3. The van der Waals surface area contributed by atoms with Crippen LogP contribution in [0.2, 0.25) is 0 Å². The van der Waals surface area contributed by atoms with Crippen molar-refractivity contribution in [2.45, 2.75) is 0 Å². The Hall–Kier alpha value is 0.450. The average Bonchev–Trinajstić information content (AvgIpc) is 2.25. The smallest absolute Gasteiger partial charge is 0.386 e. The third-order valence-corrected chi connectivity index (χ3v) is 11.2. The summed E-state index contributed by atoms with van der Waals surface area (Å²) in [4.78, 5) is 0. The van der Waals surface area contributed by atoms with Crippen LogP contribution < -0.4 is 0 Å². The highest BCUT2D eigenvalue weighted by Gasteiger charge is 2.39. The van der Waals surface area contributed by atoms with E-state index >= 15 is 0 Å². The van der Waals surface area contributed by atoms with Crippen LogP contribution in [-0.4, -0.2) is 37.3 Å². The van der Waals surface area contributed by atoms with Gasteiger partial charge in [-0.3, -0.25) is 0 Å². The van der Waals surface area contributed by atoms with Crippen molar-refractivity contribution in [3.63, 3.8) is 0 Å². The Kier molecular flexibility index (Phi) is 5.47. The fourth-order valence-corrected chi connectivity index (χ4v) is 10.1. The minimum atomic E-state index is -5.77. The van der Waals surface area contributed by atoms with Gasteiger partial charge >= 0.3 is 23.2 Å². The lowest BCUT2D eigenvalue weighted by atomic mass is 11.3. The van der Waals surface area contributed by atoms with Gasteiger partial charge in [-0.05, 0) is 14.1 Å². The molecule has 120 valence electrons. The summed E-state index contributed by atoms with van der Waals surface area (Å²) < 4.78 is 84.5. The molecule has 0 bridgehead atoms. The summed E-state index contributed by atoms with van der Waals surface area (Å²) in [5.41, 5.74) is 0. The molecule has 3 unspecified atom stereocenters. The predicted octanol–water partition coefficient (Wildman–Crippen LogP) is 5.88. The van der Waals surface area contributed by atoms with Crippen LogP contribution >= 0.6 is 30.8 Å². The van der Waals surface area contributed by atoms with Gasteiger partial charge in [0.2, 0.25) is 0 Å². The molecule has 1 heterocycles. The van der Waals surface area contributed by atoms with E-state index in [9.17, 15) is 21.0 Å². The van der Waals surface area contributed by atoms with Gasteiger partial charge in [0, 0.05) is 7.11 Å². The zero-order chi connectivity index (χ0) is 15.8. The Bertz CT molecular complexity index is 612. The minimum Gasteiger partial charge on any atom is -0.386 e. The van der Waals surface area contributed by atoms with Crippen LogP contribution in [0.5, 0.6) is 0 Å². The molecule has 0 fully saturated rings. The summed E-state index contributed by atoms with van der Waals surface area (Å²) in [6.45, 7) is 0. The lowest BCUT2D eigenvalue weighted by Gasteiger charge is -2.23. The Balaban J connectivity index is 3.81. The molecule has 20 heavy (non-hydrogen) atoms. The van der Waals surface area contributed by atoms with E-state index in [1.54, 1.807) is 0 Å². The first-order valence-corrected chi connectivity index (χ1v) is 11.1. The van der Waals surface area contributed by atoms with Crippen molar-refractivity contribution in [1.82, 2.24) is 4.67 Å². The molecule has 0 saturated heterocycles. The summed E-state index contributed by atoms with van der Waals surface area (Å²) in [7, 11) is -17.8. The number of hydrogen-bond acceptors (Lipinski definition) is 7. The maximum Gasteiger partial charge on any atom is 0.424 e. The van der Waals surface area contributed by atoms with Gasteiger partial charge in [-0.1, -0.05) is 0 Å².